The van der Waals surface area contributed by atoms with E-state index in [-0.39, 0.29) is 35.3 Å². The number of halogens is 2. The van der Waals surface area contributed by atoms with Gasteiger partial charge in [0.25, 0.3) is 12.3 Å². The van der Waals surface area contributed by atoms with Gasteiger partial charge in [-0.15, -0.1) is 0 Å². The Morgan fingerprint density at radius 3 is 2.51 bits per heavy atom. The lowest BCUT2D eigenvalue weighted by molar-refractivity contribution is -0.135. The first-order valence-electron chi connectivity index (χ1n) is 20.1. The van der Waals surface area contributed by atoms with Gasteiger partial charge in [0.2, 0.25) is 11.8 Å². The van der Waals surface area contributed by atoms with Crippen molar-refractivity contribution in [1.29, 1.82) is 0 Å². The summed E-state index contributed by atoms with van der Waals surface area (Å²) in [6.45, 7) is 2.58. The van der Waals surface area contributed by atoms with Gasteiger partial charge in [-0.05, 0) is 89.0 Å². The van der Waals surface area contributed by atoms with E-state index in [0.717, 1.165) is 87.9 Å². The first-order chi connectivity index (χ1) is 27.5. The molecule has 2 N–H and O–H groups in total. The molecule has 2 saturated heterocycles. The second kappa shape index (κ2) is 14.8. The van der Waals surface area contributed by atoms with Crippen LogP contribution in [-0.4, -0.2) is 88.9 Å². The number of alkyl halides is 2. The number of anilines is 2. The zero-order chi connectivity index (χ0) is 39.5. The molecule has 300 valence electrons. The molecular formula is C40H47F2N11O4. The Bertz CT molecular complexity index is 2410. The molecule has 2 aliphatic carbocycles. The van der Waals surface area contributed by atoms with Crippen molar-refractivity contribution >= 4 is 45.8 Å². The normalized spacial score (nSPS) is 22.3. The molecule has 1 aromatic carbocycles. The van der Waals surface area contributed by atoms with E-state index in [1.165, 1.54) is 10.8 Å². The maximum Gasteiger partial charge on any atom is 0.329 e. The first-order valence-corrected chi connectivity index (χ1v) is 20.1. The van der Waals surface area contributed by atoms with Crippen molar-refractivity contribution in [2.45, 2.75) is 94.7 Å². The smallest absolute Gasteiger partial charge is 0.329 e. The molecule has 4 fully saturated rings. The SMILES string of the molecule is CN(C[C@H]1CC[C@H](n2cc(NC(=O)c3cnn4c(C5CC5)ccnc34)c(C(F)F)n2)CC1)C1CCN(c2cccc3c2n(C)c(=O)n3C2CCC(=O)NC2=O)CC1. The van der Waals surface area contributed by atoms with Crippen LogP contribution in [0.25, 0.3) is 16.7 Å². The second-order valence-electron chi connectivity index (χ2n) is 16.3. The Morgan fingerprint density at radius 1 is 1.02 bits per heavy atom. The number of carbonyl (C=O) groups excluding carboxylic acids is 3. The first kappa shape index (κ1) is 37.1. The minimum atomic E-state index is -2.85. The molecule has 0 spiro atoms. The maximum atomic E-state index is 14.2. The lowest BCUT2D eigenvalue weighted by Gasteiger charge is -2.40. The Morgan fingerprint density at radius 2 is 1.79 bits per heavy atom. The van der Waals surface area contributed by atoms with Crippen molar-refractivity contribution in [2.24, 2.45) is 13.0 Å². The summed E-state index contributed by atoms with van der Waals surface area (Å²) in [5, 5.41) is 13.7. The second-order valence-corrected chi connectivity index (χ2v) is 16.3. The van der Waals surface area contributed by atoms with Crippen LogP contribution in [0, 0.1) is 5.92 Å². The summed E-state index contributed by atoms with van der Waals surface area (Å²) in [6, 6.07) is 7.35. The average molecular weight is 784 g/mol. The van der Waals surface area contributed by atoms with Crippen LogP contribution in [0.3, 0.4) is 0 Å². The van der Waals surface area contributed by atoms with Crippen LogP contribution in [0.5, 0.6) is 0 Å². The number of para-hydroxylation sites is 1. The van der Waals surface area contributed by atoms with Gasteiger partial charge in [-0.25, -0.2) is 23.1 Å². The molecule has 0 bridgehead atoms. The number of rotatable bonds is 10. The van der Waals surface area contributed by atoms with Gasteiger partial charge >= 0.3 is 5.69 Å². The molecule has 3 amide bonds. The number of hydrogen-bond donors (Lipinski definition) is 2. The van der Waals surface area contributed by atoms with Gasteiger partial charge in [0.15, 0.2) is 11.3 Å². The molecule has 9 rings (SSSR count). The molecule has 4 aromatic heterocycles. The monoisotopic (exact) mass is 783 g/mol. The third-order valence-corrected chi connectivity index (χ3v) is 12.7. The number of imidazole rings is 1. The molecule has 5 aromatic rings. The van der Waals surface area contributed by atoms with Crippen molar-refractivity contribution in [3.05, 3.63) is 70.3 Å². The third-order valence-electron chi connectivity index (χ3n) is 12.7. The highest BCUT2D eigenvalue weighted by Crippen LogP contribution is 2.40. The molecule has 2 aliphatic heterocycles. The summed E-state index contributed by atoms with van der Waals surface area (Å²) in [7, 11) is 3.92. The van der Waals surface area contributed by atoms with Crippen molar-refractivity contribution in [3.63, 3.8) is 0 Å². The van der Waals surface area contributed by atoms with Crippen molar-refractivity contribution in [2.75, 3.05) is 36.9 Å². The molecule has 1 unspecified atom stereocenters. The number of carbonyl (C=O) groups is 3. The zero-order valence-corrected chi connectivity index (χ0v) is 32.1. The van der Waals surface area contributed by atoms with Crippen LogP contribution < -0.4 is 21.2 Å². The number of fused-ring (bicyclic) bond motifs is 2. The van der Waals surface area contributed by atoms with Crippen LogP contribution in [0.15, 0.2) is 47.7 Å². The fraction of sp³-hybridized carbons (Fsp3) is 0.525. The van der Waals surface area contributed by atoms with Gasteiger partial charge in [0.1, 0.15) is 11.6 Å². The number of amides is 3. The Kier molecular flexibility index (Phi) is 9.65. The van der Waals surface area contributed by atoms with E-state index in [0.29, 0.717) is 35.5 Å². The lowest BCUT2D eigenvalue weighted by Crippen LogP contribution is -2.45. The Hall–Kier alpha value is -5.45. The summed E-state index contributed by atoms with van der Waals surface area (Å²) >= 11 is 0. The van der Waals surface area contributed by atoms with E-state index in [1.54, 1.807) is 33.2 Å². The molecule has 0 radical (unpaired) electrons. The number of imide groups is 1. The number of benzene rings is 1. The summed E-state index contributed by atoms with van der Waals surface area (Å²) in [6.07, 6.45) is 9.80. The quantitative estimate of drug-likeness (QED) is 0.187. The van der Waals surface area contributed by atoms with E-state index in [4.69, 9.17) is 0 Å². The topological polar surface area (TPSA) is 157 Å². The van der Waals surface area contributed by atoms with Gasteiger partial charge in [0.05, 0.1) is 34.6 Å². The molecular weight excluding hydrogens is 737 g/mol. The highest BCUT2D eigenvalue weighted by Gasteiger charge is 2.34. The molecule has 15 nitrogen and oxygen atoms in total. The van der Waals surface area contributed by atoms with Crippen molar-refractivity contribution in [1.82, 2.24) is 43.7 Å². The predicted molar refractivity (Wildman–Crippen MR) is 208 cm³/mol. The van der Waals surface area contributed by atoms with E-state index in [2.05, 4.69) is 42.7 Å². The number of aryl methyl sites for hydroxylation is 1. The van der Waals surface area contributed by atoms with Crippen LogP contribution in [-0.2, 0) is 16.6 Å². The minimum Gasteiger partial charge on any atom is -0.370 e. The highest BCUT2D eigenvalue weighted by molar-refractivity contribution is 6.08. The highest BCUT2D eigenvalue weighted by atomic mass is 19.3. The average Bonchev–Trinajstić information content (AvgIpc) is 3.73. The number of aromatic nitrogens is 7. The maximum absolute atomic E-state index is 14.2. The van der Waals surface area contributed by atoms with Gasteiger partial charge < -0.3 is 15.1 Å². The number of nitrogens with zero attached hydrogens (tertiary/aromatic N) is 9. The van der Waals surface area contributed by atoms with Crippen LogP contribution in [0.2, 0.25) is 0 Å². The predicted octanol–water partition coefficient (Wildman–Crippen LogP) is 4.96. The van der Waals surface area contributed by atoms with E-state index < -0.39 is 30.0 Å². The summed E-state index contributed by atoms with van der Waals surface area (Å²) in [5.41, 5.74) is 3.36. The van der Waals surface area contributed by atoms with Crippen molar-refractivity contribution in [3.8, 4) is 0 Å². The lowest BCUT2D eigenvalue weighted by atomic mass is 9.85. The Balaban J connectivity index is 0.803. The van der Waals surface area contributed by atoms with Crippen LogP contribution >= 0.6 is 0 Å². The van der Waals surface area contributed by atoms with E-state index in [1.807, 2.05) is 24.3 Å². The van der Waals surface area contributed by atoms with Gasteiger partial charge in [-0.2, -0.15) is 10.2 Å². The number of hydrogen-bond acceptors (Lipinski definition) is 9. The zero-order valence-electron chi connectivity index (χ0n) is 32.1. The van der Waals surface area contributed by atoms with E-state index >= 15 is 0 Å². The summed E-state index contributed by atoms with van der Waals surface area (Å²) in [4.78, 5) is 60.4. The van der Waals surface area contributed by atoms with E-state index in [9.17, 15) is 28.0 Å². The number of piperidine rings is 2. The molecule has 4 aliphatic rings. The Labute approximate surface area is 327 Å². The summed E-state index contributed by atoms with van der Waals surface area (Å²) in [5.74, 6) is -0.444. The summed E-state index contributed by atoms with van der Waals surface area (Å²) < 4.78 is 34.8. The number of nitrogens with one attached hydrogen (secondary N) is 2. The third kappa shape index (κ3) is 6.89. The van der Waals surface area contributed by atoms with Crippen LogP contribution in [0.4, 0.5) is 20.2 Å². The fourth-order valence-corrected chi connectivity index (χ4v) is 9.40. The van der Waals surface area contributed by atoms with Crippen LogP contribution in [0.1, 0.15) is 110 Å². The molecule has 6 heterocycles. The van der Waals surface area contributed by atoms with Gasteiger partial charge in [0, 0.05) is 63.2 Å². The van der Waals surface area contributed by atoms with Gasteiger partial charge in [-0.3, -0.25) is 33.5 Å². The van der Waals surface area contributed by atoms with Gasteiger partial charge in [-0.1, -0.05) is 6.07 Å². The molecule has 17 heteroatoms. The van der Waals surface area contributed by atoms with Crippen molar-refractivity contribution < 1.29 is 23.2 Å². The fourth-order valence-electron chi connectivity index (χ4n) is 9.40. The minimum absolute atomic E-state index is 0.00578. The molecule has 2 saturated carbocycles. The largest absolute Gasteiger partial charge is 0.370 e. The molecule has 1 atom stereocenters. The standard InChI is InChI=1S/C40H47F2N11O4/c1-48(25-15-18-50(19-16-25)30-4-3-5-31-35(30)49(2)40(57)52(31)32-12-13-33(54)46-39(32)56)21-23-6-10-26(11-7-23)51-22-28(34(47-51)36(41)42)45-38(55)27-20-44-53-29(24-8-9-24)14-17-43-37(27)53/h3-5,14,17,20,22-26,32,36H,6-13,15-16,18-19,21H2,1-2H3,(H,45,55)(H,46,54,56)/t23-,26-,32?. The molecule has 57 heavy (non-hydrogen) atoms.